The Bertz CT molecular complexity index is 1700. The van der Waals surface area contributed by atoms with Gasteiger partial charge < -0.3 is 9.84 Å². The van der Waals surface area contributed by atoms with Gasteiger partial charge in [0.15, 0.2) is 0 Å². The minimum Gasteiger partial charge on any atom is -0.478 e. The fourth-order valence-corrected chi connectivity index (χ4v) is 4.69. The van der Waals surface area contributed by atoms with Gasteiger partial charge in [-0.05, 0) is 64.8 Å². The molecule has 7 nitrogen and oxygen atoms in total. The van der Waals surface area contributed by atoms with Crippen molar-refractivity contribution in [1.82, 2.24) is 15.2 Å². The number of alkyl halides is 3. The number of aromatic amines is 1. The van der Waals surface area contributed by atoms with Crippen LogP contribution in [0.2, 0.25) is 0 Å². The highest BCUT2D eigenvalue weighted by molar-refractivity contribution is 6.01. The second kappa shape index (κ2) is 10.6. The molecule has 0 amide bonds. The maximum atomic E-state index is 14.5. The molecule has 0 saturated heterocycles. The smallest absolute Gasteiger partial charge is 0.478 e. The van der Waals surface area contributed by atoms with Crippen molar-refractivity contribution < 1.29 is 32.2 Å². The largest absolute Gasteiger partial charge is 0.573 e. The van der Waals surface area contributed by atoms with Crippen molar-refractivity contribution in [3.63, 3.8) is 0 Å². The summed E-state index contributed by atoms with van der Waals surface area (Å²) in [6.07, 6.45) is 0.848. The van der Waals surface area contributed by atoms with Gasteiger partial charge in [-0.2, -0.15) is 9.65 Å². The third-order valence-electron chi connectivity index (χ3n) is 6.68. The number of nitrogens with one attached hydrogen (secondary N) is 1. The Labute approximate surface area is 225 Å². The lowest BCUT2D eigenvalue weighted by atomic mass is 9.73. The average Bonchev–Trinajstić information content (AvgIpc) is 3.25. The number of H-pyrrole nitrogens is 1. The number of halogens is 4. The summed E-state index contributed by atoms with van der Waals surface area (Å²) in [4.78, 5) is 15.2. The quantitative estimate of drug-likeness (QED) is 0.196. The van der Waals surface area contributed by atoms with Crippen LogP contribution in [0.5, 0.6) is 5.75 Å². The van der Waals surface area contributed by atoms with Crippen LogP contribution in [0.1, 0.15) is 47.2 Å². The van der Waals surface area contributed by atoms with Gasteiger partial charge >= 0.3 is 12.3 Å². The number of allylic oxidation sites excluding steroid dienone is 1. The molecular weight excluding hydrogens is 528 g/mol. The molecule has 2 N–H and O–H groups in total. The predicted molar refractivity (Wildman–Crippen MR) is 138 cm³/mol. The Kier molecular flexibility index (Phi) is 7.09. The van der Waals surface area contributed by atoms with Crippen molar-refractivity contribution in [2.24, 2.45) is 5.92 Å². The van der Waals surface area contributed by atoms with Crippen molar-refractivity contribution in [2.45, 2.75) is 25.6 Å². The Morgan fingerprint density at radius 3 is 2.48 bits per heavy atom. The second-order valence-corrected chi connectivity index (χ2v) is 9.21. The van der Waals surface area contributed by atoms with Gasteiger partial charge in [-0.1, -0.05) is 36.8 Å². The maximum Gasteiger partial charge on any atom is 0.573 e. The summed E-state index contributed by atoms with van der Waals surface area (Å²) in [6, 6.07) is 15.0. The number of carboxylic acids is 1. The van der Waals surface area contributed by atoms with E-state index in [1.807, 2.05) is 6.07 Å². The molecule has 11 heteroatoms. The molecule has 1 saturated carbocycles. The van der Waals surface area contributed by atoms with E-state index in [1.54, 1.807) is 42.5 Å². The van der Waals surface area contributed by atoms with Gasteiger partial charge in [-0.3, -0.25) is 10.1 Å². The lowest BCUT2D eigenvalue weighted by Crippen LogP contribution is -2.19. The Morgan fingerprint density at radius 1 is 1.12 bits per heavy atom. The van der Waals surface area contributed by atoms with E-state index in [0.29, 0.717) is 33.4 Å². The summed E-state index contributed by atoms with van der Waals surface area (Å²) < 4.78 is 57.0. The molecular formula is C29H20F4N4O3. The zero-order valence-electron chi connectivity index (χ0n) is 20.7. The van der Waals surface area contributed by atoms with Crippen LogP contribution in [0.15, 0.2) is 60.8 Å². The van der Waals surface area contributed by atoms with Crippen molar-refractivity contribution >= 4 is 34.1 Å². The van der Waals surface area contributed by atoms with E-state index < -0.39 is 24.0 Å². The molecule has 4 aromatic rings. The van der Waals surface area contributed by atoms with Crippen LogP contribution in [0.3, 0.4) is 0 Å². The number of ether oxygens (including phenoxy) is 1. The molecule has 1 fully saturated rings. The van der Waals surface area contributed by atoms with Gasteiger partial charge in [0, 0.05) is 12.1 Å². The Hall–Kier alpha value is -4.98. The standard InChI is InChI=1S/C29H20F4N4O3/c30-28-22-13-19(9-10-23(22)36-37-28)25(18-7-4-16(5-8-18)6-11-24(38)39)26(17-2-1-3-17)27-20(14-34)12-21(15-35-27)40-29(31,32)33/h4-13,15,17H,1-3H2,(H,36,37)(H,38,39). The molecule has 40 heavy (non-hydrogen) atoms. The van der Waals surface area contributed by atoms with Crippen molar-refractivity contribution in [3.05, 3.63) is 94.7 Å². The van der Waals surface area contributed by atoms with Gasteiger partial charge in [0.2, 0.25) is 5.95 Å². The fourth-order valence-electron chi connectivity index (χ4n) is 4.69. The normalized spacial score (nSPS) is 14.6. The first-order valence-corrected chi connectivity index (χ1v) is 12.2. The summed E-state index contributed by atoms with van der Waals surface area (Å²) >= 11 is 0. The first kappa shape index (κ1) is 26.6. The number of aromatic nitrogens is 3. The van der Waals surface area contributed by atoms with Gasteiger partial charge in [0.05, 0.1) is 28.4 Å². The third kappa shape index (κ3) is 5.56. The molecule has 2 aromatic carbocycles. The average molecular weight is 548 g/mol. The maximum absolute atomic E-state index is 14.5. The third-order valence-corrected chi connectivity index (χ3v) is 6.68. The number of carboxylic acid groups (broad SMARTS) is 1. The topological polar surface area (TPSA) is 112 Å². The molecule has 5 rings (SSSR count). The van der Waals surface area contributed by atoms with E-state index in [-0.39, 0.29) is 22.6 Å². The van der Waals surface area contributed by atoms with Gasteiger partial charge in [-0.15, -0.1) is 18.3 Å². The molecule has 0 atom stereocenters. The van der Waals surface area contributed by atoms with Crippen LogP contribution >= 0.6 is 0 Å². The second-order valence-electron chi connectivity index (χ2n) is 9.21. The first-order chi connectivity index (χ1) is 19.1. The molecule has 0 aliphatic heterocycles. The van der Waals surface area contributed by atoms with Crippen LogP contribution in [-0.4, -0.2) is 32.6 Å². The summed E-state index contributed by atoms with van der Waals surface area (Å²) in [5.41, 5.74) is 3.72. The molecule has 0 unspecified atom stereocenters. The highest BCUT2D eigenvalue weighted by Crippen LogP contribution is 2.46. The molecule has 1 aliphatic carbocycles. The fraction of sp³-hybridized carbons (Fsp3) is 0.172. The number of aliphatic carboxylic acids is 1. The van der Waals surface area contributed by atoms with Gasteiger partial charge in [0.25, 0.3) is 0 Å². The highest BCUT2D eigenvalue weighted by Gasteiger charge is 2.33. The van der Waals surface area contributed by atoms with Crippen molar-refractivity contribution in [3.8, 4) is 11.8 Å². The molecule has 2 heterocycles. The highest BCUT2D eigenvalue weighted by atomic mass is 19.4. The SMILES string of the molecule is N#Cc1cc(OC(F)(F)F)cnc1C(=C(c1ccc(C=CC(=O)O)cc1)c1ccc2[nH]nc(F)c2c1)C1CCC1. The minimum absolute atomic E-state index is 0.0690. The van der Waals surface area contributed by atoms with Gasteiger partial charge in [0.1, 0.15) is 11.8 Å². The molecule has 0 radical (unpaired) electrons. The number of fused-ring (bicyclic) bond motifs is 1. The van der Waals surface area contributed by atoms with Crippen LogP contribution in [-0.2, 0) is 4.79 Å². The van der Waals surface area contributed by atoms with E-state index in [2.05, 4.69) is 19.9 Å². The number of hydrogen-bond acceptors (Lipinski definition) is 5. The Morgan fingerprint density at radius 2 is 1.85 bits per heavy atom. The molecule has 0 spiro atoms. The van der Waals surface area contributed by atoms with Crippen LogP contribution in [0, 0.1) is 23.2 Å². The lowest BCUT2D eigenvalue weighted by Gasteiger charge is -2.31. The van der Waals surface area contributed by atoms with Crippen molar-refractivity contribution in [1.29, 1.82) is 5.26 Å². The van der Waals surface area contributed by atoms with E-state index in [4.69, 9.17) is 5.11 Å². The van der Waals surface area contributed by atoms with Crippen molar-refractivity contribution in [2.75, 3.05) is 0 Å². The summed E-state index contributed by atoms with van der Waals surface area (Å²) in [7, 11) is 0. The number of rotatable bonds is 7. The van der Waals surface area contributed by atoms with E-state index in [1.165, 1.54) is 6.08 Å². The number of hydrogen-bond donors (Lipinski definition) is 2. The minimum atomic E-state index is -4.95. The zero-order chi connectivity index (χ0) is 28.4. The monoisotopic (exact) mass is 548 g/mol. The van der Waals surface area contributed by atoms with Crippen LogP contribution in [0.25, 0.3) is 28.1 Å². The summed E-state index contributed by atoms with van der Waals surface area (Å²) in [5, 5.41) is 25.3. The summed E-state index contributed by atoms with van der Waals surface area (Å²) in [6.45, 7) is 0. The molecule has 1 aliphatic rings. The molecule has 202 valence electrons. The predicted octanol–water partition coefficient (Wildman–Crippen LogP) is 6.72. The number of carbonyl (C=O) groups is 1. The number of pyridine rings is 1. The first-order valence-electron chi connectivity index (χ1n) is 12.2. The zero-order valence-corrected chi connectivity index (χ0v) is 20.7. The van der Waals surface area contributed by atoms with E-state index >= 15 is 0 Å². The Balaban J connectivity index is 1.76. The number of nitriles is 1. The van der Waals surface area contributed by atoms with Crippen LogP contribution < -0.4 is 4.74 Å². The van der Waals surface area contributed by atoms with E-state index in [9.17, 15) is 27.6 Å². The van der Waals surface area contributed by atoms with Crippen LogP contribution in [0.4, 0.5) is 17.6 Å². The summed E-state index contributed by atoms with van der Waals surface area (Å²) in [5.74, 6) is -2.47. The lowest BCUT2D eigenvalue weighted by molar-refractivity contribution is -0.274. The number of nitrogens with zero attached hydrogens (tertiary/aromatic N) is 3. The van der Waals surface area contributed by atoms with E-state index in [0.717, 1.165) is 37.6 Å². The number of benzene rings is 2. The molecule has 0 bridgehead atoms. The van der Waals surface area contributed by atoms with Gasteiger partial charge in [-0.25, -0.2) is 4.79 Å². The molecule has 2 aromatic heterocycles.